The molecule has 7 nitrogen and oxygen atoms in total. The van der Waals surface area contributed by atoms with Gasteiger partial charge in [-0.15, -0.1) is 0 Å². The molecule has 31 heavy (non-hydrogen) atoms. The first kappa shape index (κ1) is 23.1. The van der Waals surface area contributed by atoms with E-state index in [0.717, 1.165) is 11.3 Å². The molecule has 0 bridgehead atoms. The van der Waals surface area contributed by atoms with Gasteiger partial charge in [0.25, 0.3) is 0 Å². The Kier molecular flexibility index (Phi) is 7.56. The summed E-state index contributed by atoms with van der Waals surface area (Å²) in [6.07, 6.45) is 0.974. The lowest BCUT2D eigenvalue weighted by atomic mass is 9.96. The van der Waals surface area contributed by atoms with Gasteiger partial charge in [0.15, 0.2) is 0 Å². The van der Waals surface area contributed by atoms with E-state index in [-0.39, 0.29) is 22.8 Å². The first-order valence-corrected chi connectivity index (χ1v) is 12.0. The number of ether oxygens (including phenoxy) is 2. The number of para-hydroxylation sites is 1. The number of hydrogen-bond acceptors (Lipinski definition) is 5. The molecule has 1 amide bonds. The van der Waals surface area contributed by atoms with Gasteiger partial charge in [-0.1, -0.05) is 18.2 Å². The maximum absolute atomic E-state index is 12.9. The van der Waals surface area contributed by atoms with E-state index in [2.05, 4.69) is 5.32 Å². The highest BCUT2D eigenvalue weighted by Crippen LogP contribution is 2.28. The van der Waals surface area contributed by atoms with E-state index in [9.17, 15) is 13.2 Å². The fraction of sp³-hybridized carbons (Fsp3) is 0.435. The molecule has 0 aromatic heterocycles. The van der Waals surface area contributed by atoms with Crippen LogP contribution < -0.4 is 14.8 Å². The molecule has 0 saturated carbocycles. The number of carbonyl (C=O) groups excluding carboxylic acids is 1. The van der Waals surface area contributed by atoms with Gasteiger partial charge in [-0.2, -0.15) is 4.31 Å². The molecular weight excluding hydrogens is 416 g/mol. The van der Waals surface area contributed by atoms with Crippen molar-refractivity contribution in [3.8, 4) is 11.5 Å². The molecule has 0 radical (unpaired) electrons. The summed E-state index contributed by atoms with van der Waals surface area (Å²) in [5.41, 5.74) is 0.911. The third-order valence-electron chi connectivity index (χ3n) is 5.56. The summed E-state index contributed by atoms with van der Waals surface area (Å²) in [4.78, 5) is 13.0. The predicted octanol–water partition coefficient (Wildman–Crippen LogP) is 3.37. The van der Waals surface area contributed by atoms with E-state index in [1.54, 1.807) is 31.4 Å². The monoisotopic (exact) mass is 446 g/mol. The van der Waals surface area contributed by atoms with Gasteiger partial charge in [0.2, 0.25) is 15.9 Å². The molecule has 2 aromatic rings. The average molecular weight is 447 g/mol. The van der Waals surface area contributed by atoms with E-state index < -0.39 is 10.0 Å². The average Bonchev–Trinajstić information content (AvgIpc) is 2.79. The molecule has 0 aliphatic carbocycles. The van der Waals surface area contributed by atoms with Crippen LogP contribution in [0, 0.1) is 5.92 Å². The number of benzene rings is 2. The zero-order valence-electron chi connectivity index (χ0n) is 18.2. The molecule has 0 spiro atoms. The first-order valence-electron chi connectivity index (χ1n) is 10.5. The number of amides is 1. The van der Waals surface area contributed by atoms with Crippen molar-refractivity contribution in [1.82, 2.24) is 9.62 Å². The van der Waals surface area contributed by atoms with E-state index in [0.29, 0.717) is 38.3 Å². The highest BCUT2D eigenvalue weighted by Gasteiger charge is 2.32. The normalized spacial score (nSPS) is 16.5. The van der Waals surface area contributed by atoms with Crippen LogP contribution in [-0.2, 0) is 14.8 Å². The quantitative estimate of drug-likeness (QED) is 0.672. The molecule has 1 heterocycles. The Morgan fingerprint density at radius 3 is 2.39 bits per heavy atom. The molecule has 1 saturated heterocycles. The third kappa shape index (κ3) is 5.37. The lowest BCUT2D eigenvalue weighted by molar-refractivity contribution is -0.126. The highest BCUT2D eigenvalue weighted by atomic mass is 32.2. The smallest absolute Gasteiger partial charge is 0.243 e. The maximum Gasteiger partial charge on any atom is 0.243 e. The number of sulfonamides is 1. The molecule has 8 heteroatoms. The Labute approximate surface area is 184 Å². The van der Waals surface area contributed by atoms with E-state index >= 15 is 0 Å². The Balaban J connectivity index is 1.58. The van der Waals surface area contributed by atoms with Crippen LogP contribution in [-0.4, -0.2) is 45.4 Å². The number of carbonyl (C=O) groups is 1. The van der Waals surface area contributed by atoms with Crippen molar-refractivity contribution in [3.63, 3.8) is 0 Å². The molecular formula is C23H30N2O5S. The highest BCUT2D eigenvalue weighted by molar-refractivity contribution is 7.89. The van der Waals surface area contributed by atoms with Crippen molar-refractivity contribution in [2.24, 2.45) is 5.92 Å². The van der Waals surface area contributed by atoms with Crippen molar-refractivity contribution in [2.45, 2.75) is 37.6 Å². The number of hydrogen-bond donors (Lipinski definition) is 1. The predicted molar refractivity (Wildman–Crippen MR) is 119 cm³/mol. The second-order valence-electron chi connectivity index (χ2n) is 7.56. The molecule has 1 aliphatic rings. The van der Waals surface area contributed by atoms with Crippen molar-refractivity contribution >= 4 is 15.9 Å². The second-order valence-corrected chi connectivity index (χ2v) is 9.49. The van der Waals surface area contributed by atoms with Crippen LogP contribution in [0.5, 0.6) is 11.5 Å². The molecule has 2 aromatic carbocycles. The van der Waals surface area contributed by atoms with Crippen LogP contribution in [0.2, 0.25) is 0 Å². The summed E-state index contributed by atoms with van der Waals surface area (Å²) in [6, 6.07) is 13.8. The minimum atomic E-state index is -3.59. The Hall–Kier alpha value is -2.58. The zero-order valence-corrected chi connectivity index (χ0v) is 19.0. The zero-order chi connectivity index (χ0) is 22.4. The van der Waals surface area contributed by atoms with E-state index in [1.807, 2.05) is 38.1 Å². The molecule has 1 N–H and O–H groups in total. The van der Waals surface area contributed by atoms with Crippen LogP contribution in [0.25, 0.3) is 0 Å². The molecule has 3 rings (SSSR count). The lowest BCUT2D eigenvalue weighted by Gasteiger charge is -2.31. The van der Waals surface area contributed by atoms with Gasteiger partial charge in [0, 0.05) is 24.6 Å². The van der Waals surface area contributed by atoms with Crippen molar-refractivity contribution < 1.29 is 22.7 Å². The largest absolute Gasteiger partial charge is 0.496 e. The first-order chi connectivity index (χ1) is 14.9. The van der Waals surface area contributed by atoms with Gasteiger partial charge >= 0.3 is 0 Å². The van der Waals surface area contributed by atoms with Gasteiger partial charge in [-0.25, -0.2) is 8.42 Å². The molecule has 1 fully saturated rings. The fourth-order valence-corrected chi connectivity index (χ4v) is 5.28. The molecule has 168 valence electrons. The third-order valence-corrected chi connectivity index (χ3v) is 7.47. The standard InChI is InChI=1S/C23H30N2O5S/c1-4-30-19-9-11-20(12-10-19)31(27,28)25-15-13-18(14-16-25)23(26)24-17(2)21-7-5-6-8-22(21)29-3/h5-12,17-18H,4,13-16H2,1-3H3,(H,24,26)/t17-/m1/s1. The minimum Gasteiger partial charge on any atom is -0.496 e. The lowest BCUT2D eigenvalue weighted by Crippen LogP contribution is -2.43. The number of nitrogens with zero attached hydrogens (tertiary/aromatic N) is 1. The van der Waals surface area contributed by atoms with Crippen molar-refractivity contribution in [1.29, 1.82) is 0 Å². The summed E-state index contributed by atoms with van der Waals surface area (Å²) < 4.78 is 38.1. The summed E-state index contributed by atoms with van der Waals surface area (Å²) in [7, 11) is -1.98. The van der Waals surface area contributed by atoms with Gasteiger partial charge in [-0.05, 0) is 57.0 Å². The number of methoxy groups -OCH3 is 1. The van der Waals surface area contributed by atoms with E-state index in [1.165, 1.54) is 4.31 Å². The molecule has 0 unspecified atom stereocenters. The van der Waals surface area contributed by atoms with E-state index in [4.69, 9.17) is 9.47 Å². The van der Waals surface area contributed by atoms with Crippen molar-refractivity contribution in [2.75, 3.05) is 26.8 Å². The van der Waals surface area contributed by atoms with Gasteiger partial charge < -0.3 is 14.8 Å². The molecule has 1 atom stereocenters. The van der Waals surface area contributed by atoms with Gasteiger partial charge in [0.05, 0.1) is 24.7 Å². The second kappa shape index (κ2) is 10.2. The van der Waals surface area contributed by atoms with Crippen LogP contribution in [0.1, 0.15) is 38.3 Å². The van der Waals surface area contributed by atoms with Crippen molar-refractivity contribution in [3.05, 3.63) is 54.1 Å². The van der Waals surface area contributed by atoms with Crippen LogP contribution in [0.15, 0.2) is 53.4 Å². The van der Waals surface area contributed by atoms with Crippen LogP contribution in [0.4, 0.5) is 0 Å². The fourth-order valence-electron chi connectivity index (χ4n) is 3.82. The summed E-state index contributed by atoms with van der Waals surface area (Å²) in [5.74, 6) is 1.09. The number of nitrogens with one attached hydrogen (secondary N) is 1. The topological polar surface area (TPSA) is 84.9 Å². The number of piperidine rings is 1. The molecule has 1 aliphatic heterocycles. The summed E-state index contributed by atoms with van der Waals surface area (Å²) in [6.45, 7) is 4.95. The van der Waals surface area contributed by atoms with Crippen LogP contribution >= 0.6 is 0 Å². The maximum atomic E-state index is 12.9. The minimum absolute atomic E-state index is 0.0588. The van der Waals surface area contributed by atoms with Crippen LogP contribution in [0.3, 0.4) is 0 Å². The Bertz CT molecular complexity index is 983. The van der Waals surface area contributed by atoms with Gasteiger partial charge in [0.1, 0.15) is 11.5 Å². The number of rotatable bonds is 8. The Morgan fingerprint density at radius 2 is 1.77 bits per heavy atom. The van der Waals surface area contributed by atoms with Gasteiger partial charge in [-0.3, -0.25) is 4.79 Å². The SMILES string of the molecule is CCOc1ccc(S(=O)(=O)N2CCC(C(=O)N[C@H](C)c3ccccc3OC)CC2)cc1. The Morgan fingerprint density at radius 1 is 1.13 bits per heavy atom. The summed E-state index contributed by atoms with van der Waals surface area (Å²) >= 11 is 0. The summed E-state index contributed by atoms with van der Waals surface area (Å²) in [5, 5.41) is 3.04.